The van der Waals surface area contributed by atoms with Crippen LogP contribution >= 0.6 is 0 Å². The van der Waals surface area contributed by atoms with Gasteiger partial charge in [0.1, 0.15) is 0 Å². The van der Waals surface area contributed by atoms with Gasteiger partial charge in [-0.15, -0.1) is 0 Å². The maximum atomic E-state index is 12.2. The molecular formula is C22H26BNO3. The highest BCUT2D eigenvalue weighted by Crippen LogP contribution is 2.36. The Morgan fingerprint density at radius 1 is 0.963 bits per heavy atom. The lowest BCUT2D eigenvalue weighted by Gasteiger charge is -2.32. The molecule has 1 saturated heterocycles. The van der Waals surface area contributed by atoms with Crippen molar-refractivity contribution in [1.29, 1.82) is 0 Å². The second kappa shape index (κ2) is 7.71. The van der Waals surface area contributed by atoms with Crippen LogP contribution in [0.2, 0.25) is 0 Å². The maximum Gasteiger partial charge on any atom is 0.495 e. The predicted octanol–water partition coefficient (Wildman–Crippen LogP) is 3.32. The highest BCUT2D eigenvalue weighted by atomic mass is 16.7. The summed E-state index contributed by atoms with van der Waals surface area (Å²) in [5, 5.41) is 2.90. The molecular weight excluding hydrogens is 337 g/mol. The van der Waals surface area contributed by atoms with Gasteiger partial charge in [-0.05, 0) is 50.4 Å². The quantitative estimate of drug-likeness (QED) is 0.655. The molecule has 0 unspecified atom stereocenters. The van der Waals surface area contributed by atoms with Crippen molar-refractivity contribution in [2.45, 2.75) is 45.4 Å². The summed E-state index contributed by atoms with van der Waals surface area (Å²) in [5.74, 6) is -0.137. The van der Waals surface area contributed by atoms with E-state index in [1.807, 2.05) is 82.3 Å². The first-order chi connectivity index (χ1) is 12.8. The molecule has 1 aliphatic rings. The van der Waals surface area contributed by atoms with E-state index in [1.165, 1.54) is 0 Å². The molecule has 3 rings (SSSR count). The number of carbonyl (C=O) groups excluding carboxylic acids is 1. The number of hydrogen-bond acceptors (Lipinski definition) is 3. The fourth-order valence-corrected chi connectivity index (χ4v) is 2.86. The molecule has 1 amide bonds. The second-order valence-corrected chi connectivity index (χ2v) is 7.75. The largest absolute Gasteiger partial charge is 0.495 e. The van der Waals surface area contributed by atoms with Crippen molar-refractivity contribution in [3.8, 4) is 0 Å². The molecule has 0 atom stereocenters. The van der Waals surface area contributed by atoms with Crippen LogP contribution in [0.5, 0.6) is 0 Å². The average Bonchev–Trinajstić information content (AvgIpc) is 2.86. The zero-order chi connectivity index (χ0) is 19.5. The topological polar surface area (TPSA) is 47.6 Å². The van der Waals surface area contributed by atoms with Gasteiger partial charge in [-0.3, -0.25) is 4.79 Å². The van der Waals surface area contributed by atoms with Crippen LogP contribution in [0.4, 0.5) is 0 Å². The average molecular weight is 363 g/mol. The summed E-state index contributed by atoms with van der Waals surface area (Å²) < 4.78 is 12.3. The van der Waals surface area contributed by atoms with Gasteiger partial charge in [-0.1, -0.05) is 54.6 Å². The lowest BCUT2D eigenvalue weighted by Crippen LogP contribution is -2.41. The molecule has 1 heterocycles. The van der Waals surface area contributed by atoms with Gasteiger partial charge in [0.15, 0.2) is 0 Å². The first kappa shape index (κ1) is 19.4. The zero-order valence-corrected chi connectivity index (χ0v) is 16.4. The number of amides is 1. The van der Waals surface area contributed by atoms with Crippen molar-refractivity contribution in [3.63, 3.8) is 0 Å². The first-order valence-electron chi connectivity index (χ1n) is 9.23. The summed E-state index contributed by atoms with van der Waals surface area (Å²) in [5.41, 5.74) is 2.09. The van der Waals surface area contributed by atoms with Crippen LogP contribution in [0.3, 0.4) is 0 Å². The maximum absolute atomic E-state index is 12.2. The van der Waals surface area contributed by atoms with Crippen LogP contribution in [0.1, 0.15) is 38.8 Å². The van der Waals surface area contributed by atoms with Crippen LogP contribution in [-0.4, -0.2) is 24.2 Å². The summed E-state index contributed by atoms with van der Waals surface area (Å²) in [6, 6.07) is 17.7. The molecule has 5 heteroatoms. The number of benzene rings is 2. The van der Waals surface area contributed by atoms with E-state index in [-0.39, 0.29) is 5.91 Å². The van der Waals surface area contributed by atoms with Gasteiger partial charge in [-0.2, -0.15) is 0 Å². The van der Waals surface area contributed by atoms with Crippen LogP contribution < -0.4 is 10.8 Å². The lowest BCUT2D eigenvalue weighted by molar-refractivity contribution is -0.116. The van der Waals surface area contributed by atoms with Gasteiger partial charge in [0.2, 0.25) is 5.91 Å². The van der Waals surface area contributed by atoms with Crippen molar-refractivity contribution >= 4 is 24.6 Å². The normalized spacial score (nSPS) is 18.0. The monoisotopic (exact) mass is 363 g/mol. The Hall–Kier alpha value is -2.37. The van der Waals surface area contributed by atoms with Crippen LogP contribution in [0.15, 0.2) is 60.7 Å². The molecule has 1 N–H and O–H groups in total. The highest BCUT2D eigenvalue weighted by Gasteiger charge is 2.52. The Morgan fingerprint density at radius 3 is 2.22 bits per heavy atom. The highest BCUT2D eigenvalue weighted by molar-refractivity contribution is 6.63. The van der Waals surface area contributed by atoms with Crippen molar-refractivity contribution in [3.05, 3.63) is 71.8 Å². The van der Waals surface area contributed by atoms with Crippen LogP contribution in [-0.2, 0) is 20.6 Å². The number of carbonyl (C=O) groups is 1. The Bertz CT molecular complexity index is 814. The molecule has 0 radical (unpaired) electrons. The van der Waals surface area contributed by atoms with E-state index in [1.54, 1.807) is 12.2 Å². The lowest BCUT2D eigenvalue weighted by atomic mass is 9.76. The summed E-state index contributed by atoms with van der Waals surface area (Å²) in [6.45, 7) is 8.62. The molecule has 0 aromatic heterocycles. The van der Waals surface area contributed by atoms with Gasteiger partial charge in [0.05, 0.1) is 11.2 Å². The summed E-state index contributed by atoms with van der Waals surface area (Å²) in [7, 11) is -0.455. The van der Waals surface area contributed by atoms with E-state index in [2.05, 4.69) is 5.32 Å². The molecule has 2 aromatic rings. The van der Waals surface area contributed by atoms with Gasteiger partial charge in [0.25, 0.3) is 0 Å². The molecule has 140 valence electrons. The molecule has 0 bridgehead atoms. The van der Waals surface area contributed by atoms with E-state index in [0.29, 0.717) is 6.54 Å². The Kier molecular flexibility index (Phi) is 5.54. The van der Waals surface area contributed by atoms with E-state index in [4.69, 9.17) is 9.31 Å². The smallest absolute Gasteiger partial charge is 0.399 e. The molecule has 27 heavy (non-hydrogen) atoms. The van der Waals surface area contributed by atoms with Gasteiger partial charge in [-0.25, -0.2) is 0 Å². The van der Waals surface area contributed by atoms with Gasteiger partial charge < -0.3 is 14.6 Å². The second-order valence-electron chi connectivity index (χ2n) is 7.75. The Balaban J connectivity index is 1.69. The Morgan fingerprint density at radius 2 is 1.56 bits per heavy atom. The third-order valence-electron chi connectivity index (χ3n) is 5.23. The molecule has 1 aliphatic heterocycles. The van der Waals surface area contributed by atoms with Crippen molar-refractivity contribution < 1.29 is 14.1 Å². The van der Waals surface area contributed by atoms with Crippen LogP contribution in [0.25, 0.3) is 6.08 Å². The molecule has 1 fully saturated rings. The SMILES string of the molecule is CC1(C)OB(c2ccccc2C=CC(=O)NCc2ccccc2)OC1(C)C. The third kappa shape index (κ3) is 4.49. The fraction of sp³-hybridized carbons (Fsp3) is 0.318. The molecule has 0 aliphatic carbocycles. The minimum absolute atomic E-state index is 0.137. The molecule has 0 saturated carbocycles. The number of hydrogen-bond donors (Lipinski definition) is 1. The van der Waals surface area contributed by atoms with Crippen molar-refractivity contribution in [1.82, 2.24) is 5.32 Å². The van der Waals surface area contributed by atoms with Crippen molar-refractivity contribution in [2.75, 3.05) is 0 Å². The minimum Gasteiger partial charge on any atom is -0.399 e. The first-order valence-corrected chi connectivity index (χ1v) is 9.23. The Labute approximate surface area is 161 Å². The van der Waals surface area contributed by atoms with Crippen LogP contribution in [0, 0.1) is 0 Å². The van der Waals surface area contributed by atoms with E-state index < -0.39 is 18.3 Å². The third-order valence-corrected chi connectivity index (χ3v) is 5.23. The fourth-order valence-electron chi connectivity index (χ4n) is 2.86. The van der Waals surface area contributed by atoms with E-state index in [0.717, 1.165) is 16.6 Å². The molecule has 0 spiro atoms. The summed E-state index contributed by atoms with van der Waals surface area (Å²) in [6.07, 6.45) is 3.35. The molecule has 2 aromatic carbocycles. The number of nitrogens with one attached hydrogen (secondary N) is 1. The van der Waals surface area contributed by atoms with E-state index in [9.17, 15) is 4.79 Å². The van der Waals surface area contributed by atoms with Crippen molar-refractivity contribution in [2.24, 2.45) is 0 Å². The van der Waals surface area contributed by atoms with Gasteiger partial charge >= 0.3 is 7.12 Å². The standard InChI is InChI=1S/C22H26BNO3/c1-21(2)22(3,4)27-23(26-21)19-13-9-8-12-18(19)14-15-20(25)24-16-17-10-6-5-7-11-17/h5-15H,16H2,1-4H3,(H,24,25). The summed E-state index contributed by atoms with van der Waals surface area (Å²) in [4.78, 5) is 12.2. The minimum atomic E-state index is -0.455. The molecule has 4 nitrogen and oxygen atoms in total. The zero-order valence-electron chi connectivity index (χ0n) is 16.4. The summed E-state index contributed by atoms with van der Waals surface area (Å²) >= 11 is 0. The van der Waals surface area contributed by atoms with Gasteiger partial charge in [0, 0.05) is 12.6 Å². The van der Waals surface area contributed by atoms with E-state index >= 15 is 0 Å². The number of rotatable bonds is 5. The predicted molar refractivity (Wildman–Crippen MR) is 109 cm³/mol.